The van der Waals surface area contributed by atoms with Gasteiger partial charge in [-0.2, -0.15) is 18.3 Å². The minimum atomic E-state index is -4.39. The van der Waals surface area contributed by atoms with E-state index >= 15 is 0 Å². The summed E-state index contributed by atoms with van der Waals surface area (Å²) >= 11 is 2.95. The zero-order chi connectivity index (χ0) is 15.7. The van der Waals surface area contributed by atoms with Crippen molar-refractivity contribution in [3.8, 4) is 11.1 Å². The minimum absolute atomic E-state index is 0.0340. The zero-order valence-corrected chi connectivity index (χ0v) is 13.2. The first kappa shape index (κ1) is 15.6. The lowest BCUT2D eigenvalue weighted by Gasteiger charge is -2.22. The van der Waals surface area contributed by atoms with E-state index in [4.69, 9.17) is 4.74 Å². The Balaban J connectivity index is 1.90. The van der Waals surface area contributed by atoms with Crippen molar-refractivity contribution in [2.75, 3.05) is 6.61 Å². The molecule has 1 atom stereocenters. The van der Waals surface area contributed by atoms with Crippen LogP contribution in [0.4, 0.5) is 13.2 Å². The van der Waals surface area contributed by atoms with Gasteiger partial charge in [-0.25, -0.2) is 4.68 Å². The Morgan fingerprint density at radius 1 is 1.23 bits per heavy atom. The van der Waals surface area contributed by atoms with Crippen molar-refractivity contribution in [2.45, 2.75) is 31.7 Å². The first-order valence-corrected chi connectivity index (χ1v) is 7.77. The molecule has 0 amide bonds. The maximum absolute atomic E-state index is 13.0. The Bertz CT molecular complexity index is 663. The number of halogens is 4. The van der Waals surface area contributed by atoms with Crippen LogP contribution >= 0.6 is 15.9 Å². The van der Waals surface area contributed by atoms with Gasteiger partial charge in [0.25, 0.3) is 0 Å². The average Bonchev–Trinajstić information content (AvgIpc) is 2.97. The van der Waals surface area contributed by atoms with E-state index in [0.29, 0.717) is 17.7 Å². The monoisotopic (exact) mass is 374 g/mol. The van der Waals surface area contributed by atoms with Crippen molar-refractivity contribution < 1.29 is 17.9 Å². The fourth-order valence-corrected chi connectivity index (χ4v) is 2.97. The third kappa shape index (κ3) is 3.20. The molecule has 1 fully saturated rings. The van der Waals surface area contributed by atoms with E-state index in [-0.39, 0.29) is 10.7 Å². The van der Waals surface area contributed by atoms with Crippen LogP contribution < -0.4 is 0 Å². The lowest BCUT2D eigenvalue weighted by Crippen LogP contribution is -2.18. The smallest absolute Gasteiger partial charge is 0.357 e. The fraction of sp³-hybridized carbons (Fsp3) is 0.400. The molecule has 1 aromatic heterocycles. The summed E-state index contributed by atoms with van der Waals surface area (Å²) in [4.78, 5) is 0. The average molecular weight is 375 g/mol. The number of hydrogen-bond acceptors (Lipinski definition) is 2. The van der Waals surface area contributed by atoms with Gasteiger partial charge in [0.05, 0.1) is 11.8 Å². The molecule has 3 nitrogen and oxygen atoms in total. The van der Waals surface area contributed by atoms with Crippen LogP contribution in [0.2, 0.25) is 0 Å². The molecular weight excluding hydrogens is 361 g/mol. The van der Waals surface area contributed by atoms with Crippen LogP contribution in [0.25, 0.3) is 11.1 Å². The Morgan fingerprint density at radius 3 is 2.73 bits per heavy atom. The second kappa shape index (κ2) is 6.04. The topological polar surface area (TPSA) is 27.1 Å². The van der Waals surface area contributed by atoms with Crippen LogP contribution in [-0.2, 0) is 10.9 Å². The van der Waals surface area contributed by atoms with Gasteiger partial charge in [-0.1, -0.05) is 22.0 Å². The van der Waals surface area contributed by atoms with Crippen molar-refractivity contribution in [1.29, 1.82) is 0 Å². The highest BCUT2D eigenvalue weighted by Gasteiger charge is 2.33. The van der Waals surface area contributed by atoms with Gasteiger partial charge in [0.1, 0.15) is 6.23 Å². The number of benzene rings is 1. The van der Waals surface area contributed by atoms with E-state index in [0.717, 1.165) is 25.3 Å². The van der Waals surface area contributed by atoms with Gasteiger partial charge in [-0.15, -0.1) is 0 Å². The summed E-state index contributed by atoms with van der Waals surface area (Å²) < 4.78 is 46.3. The molecule has 2 aromatic rings. The summed E-state index contributed by atoms with van der Waals surface area (Å²) in [6.45, 7) is 0.691. The van der Waals surface area contributed by atoms with Gasteiger partial charge >= 0.3 is 6.18 Å². The number of alkyl halides is 3. The Morgan fingerprint density at radius 2 is 2.05 bits per heavy atom. The summed E-state index contributed by atoms with van der Waals surface area (Å²) in [5.74, 6) is 0. The van der Waals surface area contributed by atoms with Crippen LogP contribution in [0, 0.1) is 0 Å². The van der Waals surface area contributed by atoms with E-state index in [1.165, 1.54) is 6.07 Å². The number of hydrogen-bond donors (Lipinski definition) is 0. The van der Waals surface area contributed by atoms with Crippen LogP contribution in [0.15, 0.2) is 35.1 Å². The van der Waals surface area contributed by atoms with Gasteiger partial charge in [-0.05, 0) is 37.0 Å². The maximum atomic E-state index is 13.0. The van der Waals surface area contributed by atoms with Crippen molar-refractivity contribution in [2.24, 2.45) is 0 Å². The summed E-state index contributed by atoms with van der Waals surface area (Å²) in [5.41, 5.74) is 0.441. The summed E-state index contributed by atoms with van der Waals surface area (Å²) in [7, 11) is 0. The molecule has 0 saturated carbocycles. The lowest BCUT2D eigenvalue weighted by molar-refractivity contribution is -0.138. The highest BCUT2D eigenvalue weighted by molar-refractivity contribution is 9.10. The highest BCUT2D eigenvalue weighted by Crippen LogP contribution is 2.37. The normalized spacial score (nSPS) is 19.4. The van der Waals surface area contributed by atoms with E-state index < -0.39 is 11.7 Å². The van der Waals surface area contributed by atoms with E-state index in [2.05, 4.69) is 21.0 Å². The third-order valence-electron chi connectivity index (χ3n) is 3.66. The van der Waals surface area contributed by atoms with Crippen molar-refractivity contribution in [3.05, 3.63) is 40.6 Å². The van der Waals surface area contributed by atoms with Gasteiger partial charge in [-0.3, -0.25) is 0 Å². The molecule has 0 N–H and O–H groups in total. The van der Waals surface area contributed by atoms with Gasteiger partial charge in [0.2, 0.25) is 0 Å². The maximum Gasteiger partial charge on any atom is 0.417 e. The summed E-state index contributed by atoms with van der Waals surface area (Å²) in [6.07, 6.45) is 1.76. The van der Waals surface area contributed by atoms with E-state index in [1.807, 2.05) is 0 Å². The number of nitrogens with zero attached hydrogens (tertiary/aromatic N) is 2. The third-order valence-corrected chi connectivity index (χ3v) is 4.35. The largest absolute Gasteiger partial charge is 0.417 e. The standard InChI is InChI=1S/C15H14BrF3N2O/c16-13-5-4-10(7-12(13)15(17,18)19)11-8-20-21(9-11)14-3-1-2-6-22-14/h4-5,7-9,14H,1-3,6H2. The lowest BCUT2D eigenvalue weighted by atomic mass is 10.1. The first-order chi connectivity index (χ1) is 10.4. The Labute approximate surface area is 134 Å². The second-order valence-corrected chi connectivity index (χ2v) is 6.08. The number of rotatable bonds is 2. The van der Waals surface area contributed by atoms with Crippen LogP contribution in [0.1, 0.15) is 31.1 Å². The number of ether oxygens (including phenoxy) is 1. The summed E-state index contributed by atoms with van der Waals surface area (Å²) in [6, 6.07) is 4.18. The first-order valence-electron chi connectivity index (χ1n) is 6.98. The van der Waals surface area contributed by atoms with E-state index in [1.54, 1.807) is 23.1 Å². The molecule has 7 heteroatoms. The van der Waals surface area contributed by atoms with E-state index in [9.17, 15) is 13.2 Å². The van der Waals surface area contributed by atoms with Gasteiger partial charge in [0, 0.05) is 22.8 Å². The molecule has 3 rings (SSSR count). The molecule has 1 unspecified atom stereocenters. The molecular formula is C15H14BrF3N2O. The zero-order valence-electron chi connectivity index (χ0n) is 11.6. The van der Waals surface area contributed by atoms with Crippen molar-refractivity contribution in [1.82, 2.24) is 9.78 Å². The molecule has 2 heterocycles. The van der Waals surface area contributed by atoms with Gasteiger partial charge < -0.3 is 4.74 Å². The minimum Gasteiger partial charge on any atom is -0.357 e. The molecule has 1 saturated heterocycles. The van der Waals surface area contributed by atoms with Crippen LogP contribution in [0.5, 0.6) is 0 Å². The van der Waals surface area contributed by atoms with Crippen molar-refractivity contribution >= 4 is 15.9 Å². The fourth-order valence-electron chi connectivity index (χ4n) is 2.50. The SMILES string of the molecule is FC(F)(F)c1cc(-c2cnn(C3CCCCO3)c2)ccc1Br. The molecule has 0 bridgehead atoms. The summed E-state index contributed by atoms with van der Waals surface area (Å²) in [5, 5.41) is 4.23. The van der Waals surface area contributed by atoms with Gasteiger partial charge in [0.15, 0.2) is 0 Å². The second-order valence-electron chi connectivity index (χ2n) is 5.22. The molecule has 118 valence electrons. The quantitative estimate of drug-likeness (QED) is 0.736. The Hall–Kier alpha value is -1.34. The molecule has 1 aromatic carbocycles. The predicted molar refractivity (Wildman–Crippen MR) is 79.2 cm³/mol. The van der Waals surface area contributed by atoms with Crippen LogP contribution in [-0.4, -0.2) is 16.4 Å². The molecule has 1 aliphatic rings. The number of aromatic nitrogens is 2. The molecule has 0 radical (unpaired) electrons. The molecule has 22 heavy (non-hydrogen) atoms. The predicted octanol–water partition coefficient (Wildman–Crippen LogP) is 5.03. The molecule has 1 aliphatic heterocycles. The van der Waals surface area contributed by atoms with Crippen LogP contribution in [0.3, 0.4) is 0 Å². The molecule has 0 aliphatic carbocycles. The van der Waals surface area contributed by atoms with Crippen molar-refractivity contribution in [3.63, 3.8) is 0 Å². The highest BCUT2D eigenvalue weighted by atomic mass is 79.9. The molecule has 0 spiro atoms. The Kier molecular flexibility index (Phi) is 4.27.